The van der Waals surface area contributed by atoms with Gasteiger partial charge >= 0.3 is 0 Å². The van der Waals surface area contributed by atoms with Crippen LogP contribution < -0.4 is 5.32 Å². The molecule has 1 fully saturated rings. The number of aliphatic hydroxyl groups is 1. The van der Waals surface area contributed by atoms with Crippen LogP contribution in [-0.4, -0.2) is 42.4 Å². The van der Waals surface area contributed by atoms with Crippen LogP contribution >= 0.6 is 0 Å². The van der Waals surface area contributed by atoms with Crippen LogP contribution in [0, 0.1) is 5.92 Å². The summed E-state index contributed by atoms with van der Waals surface area (Å²) in [6, 6.07) is 0.750. The molecule has 3 heteroatoms. The number of rotatable bonds is 2. The van der Waals surface area contributed by atoms with Crippen molar-refractivity contribution in [3.63, 3.8) is 0 Å². The van der Waals surface area contributed by atoms with Crippen molar-refractivity contribution in [3.8, 4) is 0 Å². The zero-order chi connectivity index (χ0) is 8.43. The van der Waals surface area contributed by atoms with E-state index in [0.29, 0.717) is 18.0 Å². The Hall–Kier alpha value is -0.120. The van der Waals surface area contributed by atoms with Gasteiger partial charge in [0.05, 0.1) is 6.61 Å². The highest BCUT2D eigenvalue weighted by molar-refractivity contribution is 4.89. The fourth-order valence-electron chi connectivity index (χ4n) is 1.71. The number of aliphatic hydroxyl groups excluding tert-OH is 1. The fourth-order valence-corrected chi connectivity index (χ4v) is 1.71. The fraction of sp³-hybridized carbons (Fsp3) is 1.00. The van der Waals surface area contributed by atoms with Crippen LogP contribution in [-0.2, 0) is 0 Å². The Morgan fingerprint density at radius 2 is 2.27 bits per heavy atom. The summed E-state index contributed by atoms with van der Waals surface area (Å²) in [5.41, 5.74) is 0. The van der Waals surface area contributed by atoms with Gasteiger partial charge in [0.15, 0.2) is 0 Å². The maximum atomic E-state index is 9.07. The van der Waals surface area contributed by atoms with Crippen molar-refractivity contribution in [1.82, 2.24) is 10.2 Å². The van der Waals surface area contributed by atoms with Crippen molar-refractivity contribution in [2.75, 3.05) is 20.3 Å². The van der Waals surface area contributed by atoms with E-state index in [1.165, 1.54) is 0 Å². The summed E-state index contributed by atoms with van der Waals surface area (Å²) in [7, 11) is 2.04. The van der Waals surface area contributed by atoms with Crippen molar-refractivity contribution >= 4 is 0 Å². The van der Waals surface area contributed by atoms with Gasteiger partial charge in [0, 0.05) is 18.8 Å². The first-order valence-corrected chi connectivity index (χ1v) is 4.21. The molecule has 1 saturated heterocycles. The molecular formula is C8H18N2O. The van der Waals surface area contributed by atoms with Gasteiger partial charge in [-0.1, -0.05) is 13.8 Å². The van der Waals surface area contributed by atoms with E-state index in [1.807, 2.05) is 7.05 Å². The molecule has 1 heterocycles. The Morgan fingerprint density at radius 1 is 1.64 bits per heavy atom. The van der Waals surface area contributed by atoms with Crippen LogP contribution in [0.2, 0.25) is 0 Å². The Labute approximate surface area is 68.4 Å². The van der Waals surface area contributed by atoms with Crippen LogP contribution in [0.3, 0.4) is 0 Å². The first-order valence-electron chi connectivity index (χ1n) is 4.21. The second-order valence-corrected chi connectivity index (χ2v) is 3.64. The van der Waals surface area contributed by atoms with E-state index in [0.717, 1.165) is 6.67 Å². The third-order valence-corrected chi connectivity index (χ3v) is 2.46. The van der Waals surface area contributed by atoms with E-state index in [9.17, 15) is 0 Å². The predicted octanol–water partition coefficient (Wildman–Crippen LogP) is -0.136. The zero-order valence-corrected chi connectivity index (χ0v) is 7.54. The molecule has 0 spiro atoms. The summed E-state index contributed by atoms with van der Waals surface area (Å²) < 4.78 is 0. The average molecular weight is 158 g/mol. The molecule has 2 atom stereocenters. The average Bonchev–Trinajstić information content (AvgIpc) is 2.30. The lowest BCUT2D eigenvalue weighted by molar-refractivity contribution is 0.161. The summed E-state index contributed by atoms with van der Waals surface area (Å²) in [5.74, 6) is 0.595. The van der Waals surface area contributed by atoms with E-state index in [-0.39, 0.29) is 6.61 Å². The molecule has 0 aromatic carbocycles. The number of hydrogen-bond acceptors (Lipinski definition) is 3. The second-order valence-electron chi connectivity index (χ2n) is 3.64. The van der Waals surface area contributed by atoms with E-state index in [4.69, 9.17) is 5.11 Å². The predicted molar refractivity (Wildman–Crippen MR) is 45.3 cm³/mol. The number of hydrogen-bond donors (Lipinski definition) is 2. The minimum absolute atomic E-state index is 0.256. The maximum Gasteiger partial charge on any atom is 0.0602 e. The number of nitrogens with one attached hydrogen (secondary N) is 1. The molecule has 0 saturated carbocycles. The Bertz CT molecular complexity index is 127. The smallest absolute Gasteiger partial charge is 0.0602 e. The van der Waals surface area contributed by atoms with E-state index >= 15 is 0 Å². The minimum atomic E-state index is 0.256. The van der Waals surface area contributed by atoms with Gasteiger partial charge in [0.25, 0.3) is 0 Å². The van der Waals surface area contributed by atoms with E-state index < -0.39 is 0 Å². The zero-order valence-electron chi connectivity index (χ0n) is 7.54. The lowest BCUT2D eigenvalue weighted by atomic mass is 9.98. The van der Waals surface area contributed by atoms with Crippen LogP contribution in [0.15, 0.2) is 0 Å². The summed E-state index contributed by atoms with van der Waals surface area (Å²) in [4.78, 5) is 2.16. The van der Waals surface area contributed by atoms with Crippen LogP contribution in [0.5, 0.6) is 0 Å². The van der Waals surface area contributed by atoms with Crippen molar-refractivity contribution in [2.24, 2.45) is 5.92 Å². The Kier molecular flexibility index (Phi) is 2.87. The van der Waals surface area contributed by atoms with E-state index in [1.54, 1.807) is 0 Å². The first kappa shape index (κ1) is 8.97. The van der Waals surface area contributed by atoms with Gasteiger partial charge in [-0.25, -0.2) is 0 Å². The summed E-state index contributed by atoms with van der Waals surface area (Å²) >= 11 is 0. The maximum absolute atomic E-state index is 9.07. The molecule has 0 aliphatic carbocycles. The van der Waals surface area contributed by atoms with Crippen molar-refractivity contribution in [2.45, 2.75) is 25.9 Å². The Balaban J connectivity index is 2.54. The molecule has 66 valence electrons. The molecule has 1 aliphatic rings. The quantitative estimate of drug-likeness (QED) is 0.587. The first-order chi connectivity index (χ1) is 5.16. The second kappa shape index (κ2) is 3.52. The largest absolute Gasteiger partial charge is 0.395 e. The highest BCUT2D eigenvalue weighted by Gasteiger charge is 2.32. The summed E-state index contributed by atoms with van der Waals surface area (Å²) in [6.07, 6.45) is 0. The topological polar surface area (TPSA) is 35.5 Å². The molecule has 1 aliphatic heterocycles. The van der Waals surface area contributed by atoms with Gasteiger partial charge in [0.2, 0.25) is 0 Å². The van der Waals surface area contributed by atoms with Crippen molar-refractivity contribution < 1.29 is 5.11 Å². The van der Waals surface area contributed by atoms with Crippen molar-refractivity contribution in [3.05, 3.63) is 0 Å². The molecule has 0 amide bonds. The minimum Gasteiger partial charge on any atom is -0.395 e. The molecule has 1 rings (SSSR count). The van der Waals surface area contributed by atoms with Gasteiger partial charge in [-0.15, -0.1) is 0 Å². The van der Waals surface area contributed by atoms with Gasteiger partial charge in [-0.3, -0.25) is 10.2 Å². The highest BCUT2D eigenvalue weighted by Crippen LogP contribution is 2.15. The monoisotopic (exact) mass is 158 g/mol. The number of nitrogens with zero attached hydrogens (tertiary/aromatic N) is 1. The molecule has 0 aromatic heterocycles. The molecule has 0 bridgehead atoms. The highest BCUT2D eigenvalue weighted by atomic mass is 16.3. The third-order valence-electron chi connectivity index (χ3n) is 2.46. The van der Waals surface area contributed by atoms with Gasteiger partial charge in [-0.05, 0) is 13.0 Å². The van der Waals surface area contributed by atoms with Crippen LogP contribution in [0.4, 0.5) is 0 Å². The van der Waals surface area contributed by atoms with Crippen LogP contribution in [0.25, 0.3) is 0 Å². The van der Waals surface area contributed by atoms with Gasteiger partial charge in [-0.2, -0.15) is 0 Å². The van der Waals surface area contributed by atoms with E-state index in [2.05, 4.69) is 24.1 Å². The SMILES string of the molecule is CC(C)C1NCN(C)C1CO. The lowest BCUT2D eigenvalue weighted by Gasteiger charge is -2.24. The molecule has 2 unspecified atom stereocenters. The molecular weight excluding hydrogens is 140 g/mol. The summed E-state index contributed by atoms with van der Waals surface area (Å²) in [6.45, 7) is 5.51. The third kappa shape index (κ3) is 1.72. The van der Waals surface area contributed by atoms with Crippen molar-refractivity contribution in [1.29, 1.82) is 0 Å². The normalized spacial score (nSPS) is 33.5. The molecule has 3 nitrogen and oxygen atoms in total. The Morgan fingerprint density at radius 3 is 2.64 bits per heavy atom. The van der Waals surface area contributed by atoms with Gasteiger partial charge < -0.3 is 5.11 Å². The standard InChI is InChI=1S/C8H18N2O/c1-6(2)8-7(4-11)10(3)5-9-8/h6-9,11H,4-5H2,1-3H3. The van der Waals surface area contributed by atoms with Crippen LogP contribution in [0.1, 0.15) is 13.8 Å². The van der Waals surface area contributed by atoms with Gasteiger partial charge in [0.1, 0.15) is 0 Å². The molecule has 0 radical (unpaired) electrons. The summed E-state index contributed by atoms with van der Waals surface area (Å²) in [5, 5.41) is 12.4. The molecule has 2 N–H and O–H groups in total. The number of likely N-dealkylation sites (N-methyl/N-ethyl adjacent to an activating group) is 1. The lowest BCUT2D eigenvalue weighted by Crippen LogP contribution is -2.40. The molecule has 11 heavy (non-hydrogen) atoms. The molecule has 0 aromatic rings.